The molecule has 0 unspecified atom stereocenters. The Bertz CT molecular complexity index is 1920. The van der Waals surface area contributed by atoms with Gasteiger partial charge in [-0.05, 0) is 99.9 Å². The number of amides is 3. The Hall–Kier alpha value is -3.59. The number of hydrogen-bond donors (Lipinski definition) is 3. The van der Waals surface area contributed by atoms with Crippen LogP contribution in [-0.2, 0) is 31.3 Å². The van der Waals surface area contributed by atoms with Crippen molar-refractivity contribution in [2.45, 2.75) is 87.5 Å². The van der Waals surface area contributed by atoms with Crippen LogP contribution >= 0.6 is 15.9 Å². The van der Waals surface area contributed by atoms with E-state index in [1.807, 2.05) is 85.6 Å². The third kappa shape index (κ3) is 6.02. The van der Waals surface area contributed by atoms with Crippen LogP contribution in [0.25, 0.3) is 0 Å². The summed E-state index contributed by atoms with van der Waals surface area (Å²) in [5.41, 5.74) is 1.85. The molecule has 5 aliphatic heterocycles. The Labute approximate surface area is 326 Å². The van der Waals surface area contributed by atoms with E-state index in [0.717, 1.165) is 71.4 Å². The molecule has 5 heterocycles. The lowest BCUT2D eigenvalue weighted by Crippen LogP contribution is -2.55. The summed E-state index contributed by atoms with van der Waals surface area (Å²) in [6, 6.07) is 23.6. The van der Waals surface area contributed by atoms with Crippen LogP contribution in [-0.4, -0.2) is 91.4 Å². The largest absolute Gasteiger partial charge is 0.432 e. The molecule has 4 saturated heterocycles. The minimum absolute atomic E-state index is 0.0387. The van der Waals surface area contributed by atoms with E-state index < -0.39 is 31.5 Å². The average Bonchev–Trinajstić information content (AvgIpc) is 3.89. The number of aliphatic hydroxyl groups is 1. The molecule has 3 aromatic carbocycles. The Morgan fingerprint density at radius 1 is 1.00 bits per heavy atom. The highest BCUT2D eigenvalue weighted by Gasteiger charge is 2.66. The van der Waals surface area contributed by atoms with E-state index in [1.54, 1.807) is 9.80 Å². The number of rotatable bonds is 8. The molecule has 4 fully saturated rings. The number of fused-ring (bicyclic) bond motifs is 2. The first-order valence-corrected chi connectivity index (χ1v) is 23.1. The smallest absolute Gasteiger partial charge is 0.264 e. The first-order valence-electron chi connectivity index (χ1n) is 19.3. The Morgan fingerprint density at radius 3 is 2.41 bits per heavy atom. The number of halogens is 1. The minimum atomic E-state index is -2.97. The number of piperidine rings is 1. The number of likely N-dealkylation sites (tertiary alicyclic amines) is 1. The van der Waals surface area contributed by atoms with Gasteiger partial charge in [-0.15, -0.1) is 0 Å². The second kappa shape index (κ2) is 14.2. The normalized spacial score (nSPS) is 27.9. The van der Waals surface area contributed by atoms with Gasteiger partial charge in [-0.3, -0.25) is 19.3 Å². The number of nitrogens with zero attached hydrogens (tertiary/aromatic N) is 4. The van der Waals surface area contributed by atoms with Crippen molar-refractivity contribution >= 4 is 59.0 Å². The van der Waals surface area contributed by atoms with Gasteiger partial charge in [0.25, 0.3) is 11.8 Å². The second-order valence-corrected chi connectivity index (χ2v) is 21.2. The lowest BCUT2D eigenvalue weighted by atomic mass is 9.82. The van der Waals surface area contributed by atoms with Crippen LogP contribution < -0.4 is 20.0 Å². The molecule has 0 aromatic heterocycles. The molecule has 54 heavy (non-hydrogen) atoms. The third-order valence-corrected chi connectivity index (χ3v) is 15.8. The van der Waals surface area contributed by atoms with Crippen molar-refractivity contribution in [3.05, 3.63) is 88.4 Å². The van der Waals surface area contributed by atoms with Gasteiger partial charge in [0.1, 0.15) is 5.54 Å². The van der Waals surface area contributed by atoms with Gasteiger partial charge in [0.2, 0.25) is 5.91 Å². The molecule has 2 spiro atoms. The van der Waals surface area contributed by atoms with Gasteiger partial charge in [-0.2, -0.15) is 0 Å². The molecule has 13 heteroatoms. The number of anilines is 3. The van der Waals surface area contributed by atoms with E-state index in [9.17, 15) is 24.3 Å². The summed E-state index contributed by atoms with van der Waals surface area (Å²) in [5, 5.41) is 13.3. The van der Waals surface area contributed by atoms with Gasteiger partial charge in [0.05, 0.1) is 44.1 Å². The lowest BCUT2D eigenvalue weighted by Gasteiger charge is -2.39. The molecule has 5 aliphatic rings. The van der Waals surface area contributed by atoms with E-state index >= 15 is 0 Å². The first-order chi connectivity index (χ1) is 25.9. The van der Waals surface area contributed by atoms with Gasteiger partial charge >= 0.3 is 0 Å². The van der Waals surface area contributed by atoms with Crippen molar-refractivity contribution in [3.8, 4) is 0 Å². The fraction of sp³-hybridized carbons (Fsp3) is 0.488. The van der Waals surface area contributed by atoms with Gasteiger partial charge < -0.3 is 34.7 Å². The molecule has 3 amide bonds. The van der Waals surface area contributed by atoms with E-state index in [0.29, 0.717) is 13.2 Å². The fourth-order valence-corrected chi connectivity index (χ4v) is 13.1. The molecule has 3 aromatic rings. The number of aliphatic hydroxyl groups excluding tert-OH is 1. The number of benzene rings is 3. The quantitative estimate of drug-likeness (QED) is 0.269. The maximum atomic E-state index is 15.0. The monoisotopic (exact) mass is 815 g/mol. The predicted molar refractivity (Wildman–Crippen MR) is 213 cm³/mol. The zero-order chi connectivity index (χ0) is 38.0. The predicted octanol–water partition coefficient (Wildman–Crippen LogP) is 5.10. The van der Waals surface area contributed by atoms with Gasteiger partial charge in [0.15, 0.2) is 13.9 Å². The standard InChI is InChI=1S/C41H50BrN5O6Si/c1-27-37(54(2,3)52)35(23-36(49)44-21-7-10-32(44)25-48)53-41(27)33-22-29(42)13-16-34(33)45(39(41)51)24-28-11-14-30(15-12-28)46-26-47(31-8-5-4-6-9-31)40(38(46)50)17-19-43-20-18-40/h4-6,8-9,11-16,22,27,32,35,37,43,48,52H,7,10,17-21,23-26H2,1-3H3/t27-,32+,35+,37-,41+/m1/s1. The van der Waals surface area contributed by atoms with E-state index in [2.05, 4.69) is 38.3 Å². The molecule has 0 radical (unpaired) electrons. The second-order valence-electron chi connectivity index (χ2n) is 16.3. The number of carbonyl (C=O) groups is 3. The molecule has 0 saturated carbocycles. The van der Waals surface area contributed by atoms with Crippen molar-refractivity contribution < 1.29 is 29.0 Å². The molecule has 0 aliphatic carbocycles. The SMILES string of the molecule is C[C@@H]1[C@@H]([Si](C)(C)O)[C@H](CC(=O)N2CCC[C@H]2CO)O[C@@]12C(=O)N(Cc1ccc(N3CN(c4ccccc4)C4(CCNCC4)C3=O)cc1)c1ccc(Br)cc12. The van der Waals surface area contributed by atoms with Gasteiger partial charge in [-0.25, -0.2) is 0 Å². The van der Waals surface area contributed by atoms with E-state index in [4.69, 9.17) is 4.74 Å². The van der Waals surface area contributed by atoms with Crippen LogP contribution in [0.3, 0.4) is 0 Å². The molecule has 5 atom stereocenters. The van der Waals surface area contributed by atoms with Gasteiger partial charge in [-0.1, -0.05) is 53.2 Å². The highest BCUT2D eigenvalue weighted by atomic mass is 79.9. The first kappa shape index (κ1) is 37.3. The lowest BCUT2D eigenvalue weighted by molar-refractivity contribution is -0.150. The van der Waals surface area contributed by atoms with Crippen molar-refractivity contribution in [1.29, 1.82) is 0 Å². The van der Waals surface area contributed by atoms with Crippen LogP contribution in [0.4, 0.5) is 17.1 Å². The summed E-state index contributed by atoms with van der Waals surface area (Å²) in [4.78, 5) is 62.2. The Morgan fingerprint density at radius 2 is 1.72 bits per heavy atom. The summed E-state index contributed by atoms with van der Waals surface area (Å²) in [5.74, 6) is -0.618. The van der Waals surface area contributed by atoms with Crippen LogP contribution in [0.5, 0.6) is 0 Å². The molecule has 8 rings (SSSR count). The maximum Gasteiger partial charge on any atom is 0.264 e. The summed E-state index contributed by atoms with van der Waals surface area (Å²) in [6.45, 7) is 8.50. The summed E-state index contributed by atoms with van der Waals surface area (Å²) in [7, 11) is -2.97. The van der Waals surface area contributed by atoms with Crippen molar-refractivity contribution in [2.24, 2.45) is 5.92 Å². The Balaban J connectivity index is 1.07. The maximum absolute atomic E-state index is 15.0. The highest BCUT2D eigenvalue weighted by Crippen LogP contribution is 2.60. The minimum Gasteiger partial charge on any atom is -0.432 e. The number of nitrogens with one attached hydrogen (secondary N) is 1. The number of carbonyl (C=O) groups excluding carboxylic acids is 3. The number of para-hydroxylation sites is 1. The van der Waals surface area contributed by atoms with Crippen molar-refractivity contribution in [1.82, 2.24) is 10.2 Å². The molecule has 286 valence electrons. The van der Waals surface area contributed by atoms with E-state index in [-0.39, 0.29) is 48.9 Å². The van der Waals surface area contributed by atoms with E-state index in [1.165, 1.54) is 0 Å². The summed E-state index contributed by atoms with van der Waals surface area (Å²) in [6.07, 6.45) is 2.44. The van der Waals surface area contributed by atoms with Gasteiger partial charge in [0, 0.05) is 39.4 Å². The van der Waals surface area contributed by atoms with Crippen molar-refractivity contribution in [3.63, 3.8) is 0 Å². The molecule has 3 N–H and O–H groups in total. The highest BCUT2D eigenvalue weighted by molar-refractivity contribution is 9.10. The topological polar surface area (TPSA) is 126 Å². The van der Waals surface area contributed by atoms with Crippen molar-refractivity contribution in [2.75, 3.05) is 47.6 Å². The summed E-state index contributed by atoms with van der Waals surface area (Å²) < 4.78 is 7.73. The third-order valence-electron chi connectivity index (χ3n) is 12.8. The number of ether oxygens (including phenoxy) is 1. The average molecular weight is 817 g/mol. The summed E-state index contributed by atoms with van der Waals surface area (Å²) >= 11 is 3.63. The Kier molecular flexibility index (Phi) is 9.79. The molecular weight excluding hydrogens is 766 g/mol. The van der Waals surface area contributed by atoms with Crippen LogP contribution in [0, 0.1) is 5.92 Å². The molecule has 11 nitrogen and oxygen atoms in total. The fourth-order valence-electron chi connectivity index (χ4n) is 10.2. The van der Waals surface area contributed by atoms with Crippen LogP contribution in [0.2, 0.25) is 18.6 Å². The zero-order valence-corrected chi connectivity index (χ0v) is 33.8. The number of hydrogen-bond acceptors (Lipinski definition) is 8. The van der Waals surface area contributed by atoms with Crippen LogP contribution in [0.15, 0.2) is 77.3 Å². The zero-order valence-electron chi connectivity index (χ0n) is 31.2. The van der Waals surface area contributed by atoms with Crippen LogP contribution in [0.1, 0.15) is 50.2 Å². The molecular formula is C41H50BrN5O6Si. The molecule has 0 bridgehead atoms.